The Morgan fingerprint density at radius 2 is 2.00 bits per heavy atom. The van der Waals surface area contributed by atoms with Crippen LogP contribution in [0.15, 0.2) is 28.8 Å². The Kier molecular flexibility index (Phi) is 7.74. The smallest absolute Gasteiger partial charge is 0.226 e. The number of carbonyl (C=O) groups is 1. The molecule has 0 bridgehead atoms. The number of amides is 1. The number of nitrogens with two attached hydrogens (primary N) is 1. The Morgan fingerprint density at radius 1 is 1.33 bits per heavy atom. The molecule has 3 rings (SSSR count). The zero-order valence-corrected chi connectivity index (χ0v) is 16.3. The third kappa shape index (κ3) is 5.74. The maximum atomic E-state index is 13.0. The second-order valence-corrected chi connectivity index (χ2v) is 6.95. The van der Waals surface area contributed by atoms with E-state index in [2.05, 4.69) is 10.1 Å². The minimum Gasteiger partial charge on any atom is -0.343 e. The lowest BCUT2D eigenvalue weighted by Crippen LogP contribution is -2.42. The van der Waals surface area contributed by atoms with Crippen molar-refractivity contribution < 1.29 is 13.7 Å². The van der Waals surface area contributed by atoms with E-state index in [-0.39, 0.29) is 30.2 Å². The fraction of sp³-hybridized carbons (Fsp3) is 0.526. The topological polar surface area (TPSA) is 85.2 Å². The second-order valence-electron chi connectivity index (χ2n) is 6.95. The number of piperidine rings is 1. The van der Waals surface area contributed by atoms with Gasteiger partial charge < -0.3 is 15.2 Å². The molecule has 1 atom stereocenters. The fourth-order valence-electron chi connectivity index (χ4n) is 3.30. The van der Waals surface area contributed by atoms with Crippen LogP contribution in [-0.2, 0) is 11.2 Å². The van der Waals surface area contributed by atoms with Gasteiger partial charge in [0, 0.05) is 37.5 Å². The summed E-state index contributed by atoms with van der Waals surface area (Å²) in [5.74, 6) is 1.31. The molecule has 1 amide bonds. The standard InChI is InChI=1S/C19H25FN4O2.ClH/c1-13(21)14-9-11-24(12-10-14)18(25)4-2-3-17-22-19(23-26-17)15-5-7-16(20)8-6-15;/h5-8,13-14H,2-4,9-12,21H2,1H3;1H. The number of aryl methyl sites for hydroxylation is 1. The lowest BCUT2D eigenvalue weighted by molar-refractivity contribution is -0.132. The largest absolute Gasteiger partial charge is 0.343 e. The number of aromatic nitrogens is 2. The van der Waals surface area contributed by atoms with Crippen LogP contribution in [0, 0.1) is 11.7 Å². The predicted molar refractivity (Wildman–Crippen MR) is 103 cm³/mol. The minimum atomic E-state index is -0.305. The highest BCUT2D eigenvalue weighted by molar-refractivity contribution is 5.85. The molecule has 1 aliphatic heterocycles. The van der Waals surface area contributed by atoms with Crippen LogP contribution in [0.5, 0.6) is 0 Å². The second kappa shape index (κ2) is 9.80. The molecule has 0 saturated carbocycles. The number of hydrogen-bond donors (Lipinski definition) is 1. The van der Waals surface area contributed by atoms with Crippen LogP contribution >= 0.6 is 12.4 Å². The summed E-state index contributed by atoms with van der Waals surface area (Å²) >= 11 is 0. The average Bonchev–Trinajstić information content (AvgIpc) is 3.11. The van der Waals surface area contributed by atoms with Crippen molar-refractivity contribution in [3.05, 3.63) is 36.0 Å². The van der Waals surface area contributed by atoms with Gasteiger partial charge in [-0.3, -0.25) is 4.79 Å². The Balaban J connectivity index is 0.00000261. The van der Waals surface area contributed by atoms with E-state index in [4.69, 9.17) is 10.3 Å². The molecular weight excluding hydrogens is 371 g/mol. The van der Waals surface area contributed by atoms with Crippen molar-refractivity contribution in [3.8, 4) is 11.4 Å². The van der Waals surface area contributed by atoms with E-state index in [1.54, 1.807) is 12.1 Å². The van der Waals surface area contributed by atoms with Crippen molar-refractivity contribution >= 4 is 18.3 Å². The molecular formula is C19H26ClFN4O2. The third-order valence-corrected chi connectivity index (χ3v) is 4.99. The number of nitrogens with zero attached hydrogens (tertiary/aromatic N) is 3. The zero-order chi connectivity index (χ0) is 18.5. The SMILES string of the molecule is CC(N)C1CCN(C(=O)CCCc2nc(-c3ccc(F)cc3)no2)CC1.Cl. The maximum Gasteiger partial charge on any atom is 0.226 e. The first-order chi connectivity index (χ1) is 12.5. The Morgan fingerprint density at radius 3 is 2.63 bits per heavy atom. The van der Waals surface area contributed by atoms with E-state index >= 15 is 0 Å². The van der Waals surface area contributed by atoms with Crippen molar-refractivity contribution in [2.45, 2.75) is 45.1 Å². The number of benzene rings is 1. The molecule has 2 heterocycles. The molecule has 1 aliphatic rings. The summed E-state index contributed by atoms with van der Waals surface area (Å²) in [7, 11) is 0. The first-order valence-corrected chi connectivity index (χ1v) is 9.15. The molecule has 148 valence electrons. The first-order valence-electron chi connectivity index (χ1n) is 9.15. The minimum absolute atomic E-state index is 0. The Labute approximate surface area is 164 Å². The number of halogens is 2. The van der Waals surface area contributed by atoms with Gasteiger partial charge in [0.1, 0.15) is 5.82 Å². The van der Waals surface area contributed by atoms with Gasteiger partial charge in [-0.2, -0.15) is 4.98 Å². The average molecular weight is 397 g/mol. The van der Waals surface area contributed by atoms with Gasteiger partial charge in [-0.15, -0.1) is 12.4 Å². The molecule has 1 fully saturated rings. The van der Waals surface area contributed by atoms with E-state index < -0.39 is 0 Å². The molecule has 27 heavy (non-hydrogen) atoms. The van der Waals surface area contributed by atoms with Gasteiger partial charge >= 0.3 is 0 Å². The molecule has 1 saturated heterocycles. The summed E-state index contributed by atoms with van der Waals surface area (Å²) in [6.07, 6.45) is 3.65. The summed E-state index contributed by atoms with van der Waals surface area (Å²) in [6.45, 7) is 3.62. The van der Waals surface area contributed by atoms with E-state index in [0.717, 1.165) is 25.9 Å². The summed E-state index contributed by atoms with van der Waals surface area (Å²) in [4.78, 5) is 18.6. The molecule has 0 radical (unpaired) electrons. The van der Waals surface area contributed by atoms with Crippen LogP contribution in [0.4, 0.5) is 4.39 Å². The third-order valence-electron chi connectivity index (χ3n) is 4.99. The van der Waals surface area contributed by atoms with Crippen LogP contribution in [0.1, 0.15) is 38.5 Å². The van der Waals surface area contributed by atoms with Crippen LogP contribution in [-0.4, -0.2) is 40.1 Å². The van der Waals surface area contributed by atoms with E-state index in [1.165, 1.54) is 12.1 Å². The molecule has 1 aromatic heterocycles. The van der Waals surface area contributed by atoms with Gasteiger partial charge in [0.2, 0.25) is 17.6 Å². The van der Waals surface area contributed by atoms with Gasteiger partial charge in [0.15, 0.2) is 0 Å². The quantitative estimate of drug-likeness (QED) is 0.810. The highest BCUT2D eigenvalue weighted by Crippen LogP contribution is 2.21. The van der Waals surface area contributed by atoms with Gasteiger partial charge in [-0.25, -0.2) is 4.39 Å². The van der Waals surface area contributed by atoms with E-state index in [9.17, 15) is 9.18 Å². The molecule has 0 spiro atoms. The van der Waals surface area contributed by atoms with Crippen molar-refractivity contribution in [2.75, 3.05) is 13.1 Å². The van der Waals surface area contributed by atoms with Crippen LogP contribution in [0.3, 0.4) is 0 Å². The number of carbonyl (C=O) groups excluding carboxylic acids is 1. The van der Waals surface area contributed by atoms with Gasteiger partial charge in [-0.1, -0.05) is 5.16 Å². The molecule has 0 aliphatic carbocycles. The zero-order valence-electron chi connectivity index (χ0n) is 15.4. The van der Waals surface area contributed by atoms with E-state index in [0.29, 0.717) is 42.5 Å². The highest BCUT2D eigenvalue weighted by atomic mass is 35.5. The van der Waals surface area contributed by atoms with Gasteiger partial charge in [-0.05, 0) is 56.4 Å². The maximum absolute atomic E-state index is 13.0. The monoisotopic (exact) mass is 396 g/mol. The fourth-order valence-corrected chi connectivity index (χ4v) is 3.30. The first kappa shape index (κ1) is 21.3. The lowest BCUT2D eigenvalue weighted by atomic mass is 9.91. The van der Waals surface area contributed by atoms with Crippen molar-refractivity contribution in [2.24, 2.45) is 11.7 Å². The van der Waals surface area contributed by atoms with Gasteiger partial charge in [0.25, 0.3) is 0 Å². The van der Waals surface area contributed by atoms with Crippen LogP contribution < -0.4 is 5.73 Å². The molecule has 6 nitrogen and oxygen atoms in total. The van der Waals surface area contributed by atoms with Crippen LogP contribution in [0.2, 0.25) is 0 Å². The number of likely N-dealkylation sites (tertiary alicyclic amines) is 1. The van der Waals surface area contributed by atoms with Crippen molar-refractivity contribution in [1.29, 1.82) is 0 Å². The molecule has 1 aromatic carbocycles. The van der Waals surface area contributed by atoms with Crippen molar-refractivity contribution in [3.63, 3.8) is 0 Å². The number of hydrogen-bond acceptors (Lipinski definition) is 5. The lowest BCUT2D eigenvalue weighted by Gasteiger charge is -2.33. The molecule has 2 N–H and O–H groups in total. The molecule has 1 unspecified atom stereocenters. The summed E-state index contributed by atoms with van der Waals surface area (Å²) in [5.41, 5.74) is 6.64. The molecule has 2 aromatic rings. The Bertz CT molecular complexity index is 728. The van der Waals surface area contributed by atoms with Crippen LogP contribution in [0.25, 0.3) is 11.4 Å². The number of rotatable bonds is 6. The summed E-state index contributed by atoms with van der Waals surface area (Å²) < 4.78 is 18.2. The summed E-state index contributed by atoms with van der Waals surface area (Å²) in [5, 5.41) is 3.91. The van der Waals surface area contributed by atoms with Gasteiger partial charge in [0.05, 0.1) is 0 Å². The van der Waals surface area contributed by atoms with Crippen molar-refractivity contribution in [1.82, 2.24) is 15.0 Å². The highest BCUT2D eigenvalue weighted by Gasteiger charge is 2.24. The van der Waals surface area contributed by atoms with E-state index in [1.807, 2.05) is 11.8 Å². The summed E-state index contributed by atoms with van der Waals surface area (Å²) in [6, 6.07) is 6.13. The Hall–Kier alpha value is -1.99. The normalized spacial score (nSPS) is 16.0. The predicted octanol–water partition coefficient (Wildman–Crippen LogP) is 3.21. The molecule has 8 heteroatoms.